The molecule has 2 nitrogen and oxygen atoms in total. The van der Waals surface area contributed by atoms with E-state index in [-0.39, 0.29) is 6.04 Å². The summed E-state index contributed by atoms with van der Waals surface area (Å²) in [6.07, 6.45) is 0. The van der Waals surface area contributed by atoms with E-state index in [2.05, 4.69) is 41.1 Å². The number of methoxy groups -OCH3 is 1. The van der Waals surface area contributed by atoms with Gasteiger partial charge in [0.05, 0.1) is 7.11 Å². The van der Waals surface area contributed by atoms with Crippen LogP contribution < -0.4 is 10.5 Å². The Kier molecular flexibility index (Phi) is 5.52. The first kappa shape index (κ1) is 15.4. The third kappa shape index (κ3) is 4.01. The van der Waals surface area contributed by atoms with Crippen molar-refractivity contribution in [3.8, 4) is 5.75 Å². The molecule has 0 radical (unpaired) electrons. The van der Waals surface area contributed by atoms with E-state index in [9.17, 15) is 0 Å². The number of thioether (sulfide) groups is 1. The molecule has 0 fully saturated rings. The van der Waals surface area contributed by atoms with Gasteiger partial charge in [-0.25, -0.2) is 0 Å². The van der Waals surface area contributed by atoms with Gasteiger partial charge in [-0.2, -0.15) is 0 Å². The minimum atomic E-state index is -0.0474. The number of nitrogens with two attached hydrogens (primary N) is 1. The molecular weight excluding hydrogens is 334 g/mol. The highest BCUT2D eigenvalue weighted by molar-refractivity contribution is 9.10. The largest absolute Gasteiger partial charge is 0.496 e. The quantitative estimate of drug-likeness (QED) is 0.802. The molecule has 106 valence electrons. The summed E-state index contributed by atoms with van der Waals surface area (Å²) in [6.45, 7) is 2.07. The zero-order valence-electron chi connectivity index (χ0n) is 11.6. The first-order valence-electron chi connectivity index (χ1n) is 6.38. The Morgan fingerprint density at radius 1 is 1.25 bits per heavy atom. The van der Waals surface area contributed by atoms with Gasteiger partial charge in [-0.3, -0.25) is 0 Å². The van der Waals surface area contributed by atoms with Crippen molar-refractivity contribution < 1.29 is 4.74 Å². The fourth-order valence-corrected chi connectivity index (χ4v) is 3.46. The number of rotatable bonds is 5. The lowest BCUT2D eigenvalue weighted by atomic mass is 10.1. The molecule has 0 heterocycles. The molecule has 2 rings (SSSR count). The molecule has 0 saturated heterocycles. The van der Waals surface area contributed by atoms with Crippen molar-refractivity contribution in [1.82, 2.24) is 0 Å². The second kappa shape index (κ2) is 7.16. The smallest absolute Gasteiger partial charge is 0.123 e. The summed E-state index contributed by atoms with van der Waals surface area (Å²) in [5, 5.41) is 0. The van der Waals surface area contributed by atoms with Gasteiger partial charge >= 0.3 is 0 Å². The number of ether oxygens (including phenoxy) is 1. The molecular formula is C16H18BrNOS. The molecule has 0 aliphatic rings. The summed E-state index contributed by atoms with van der Waals surface area (Å²) in [5.74, 6) is 1.67. The minimum absolute atomic E-state index is 0.0474. The van der Waals surface area contributed by atoms with Crippen molar-refractivity contribution >= 4 is 27.7 Å². The minimum Gasteiger partial charge on any atom is -0.496 e. The molecule has 2 aromatic rings. The maximum absolute atomic E-state index is 6.31. The lowest BCUT2D eigenvalue weighted by Crippen LogP contribution is -2.14. The van der Waals surface area contributed by atoms with Crippen molar-refractivity contribution in [1.29, 1.82) is 0 Å². The average molecular weight is 352 g/mol. The van der Waals surface area contributed by atoms with Gasteiger partial charge in [0, 0.05) is 26.7 Å². The molecule has 2 aromatic carbocycles. The van der Waals surface area contributed by atoms with Gasteiger partial charge in [0.2, 0.25) is 0 Å². The van der Waals surface area contributed by atoms with Crippen molar-refractivity contribution in [3.63, 3.8) is 0 Å². The predicted molar refractivity (Wildman–Crippen MR) is 89.5 cm³/mol. The van der Waals surface area contributed by atoms with Crippen molar-refractivity contribution in [2.45, 2.75) is 17.9 Å². The Hall–Kier alpha value is -0.970. The highest BCUT2D eigenvalue weighted by Gasteiger charge is 2.12. The van der Waals surface area contributed by atoms with Crippen LogP contribution in [-0.4, -0.2) is 12.9 Å². The van der Waals surface area contributed by atoms with E-state index in [0.29, 0.717) is 0 Å². The Labute approximate surface area is 132 Å². The molecule has 4 heteroatoms. The van der Waals surface area contributed by atoms with Gasteiger partial charge in [0.25, 0.3) is 0 Å². The molecule has 0 bridgehead atoms. The van der Waals surface area contributed by atoms with E-state index < -0.39 is 0 Å². The van der Waals surface area contributed by atoms with Crippen molar-refractivity contribution in [2.75, 3.05) is 12.9 Å². The van der Waals surface area contributed by atoms with E-state index in [0.717, 1.165) is 21.5 Å². The topological polar surface area (TPSA) is 35.2 Å². The molecule has 1 atom stereocenters. The normalized spacial score (nSPS) is 12.2. The van der Waals surface area contributed by atoms with Crippen LogP contribution >= 0.6 is 27.7 Å². The highest BCUT2D eigenvalue weighted by atomic mass is 79.9. The third-order valence-corrected chi connectivity index (χ3v) is 4.62. The molecule has 2 N–H and O–H groups in total. The molecule has 1 unspecified atom stereocenters. The Bertz CT molecular complexity index is 588. The lowest BCUT2D eigenvalue weighted by Gasteiger charge is -2.16. The van der Waals surface area contributed by atoms with Crippen LogP contribution in [0.5, 0.6) is 5.75 Å². The van der Waals surface area contributed by atoms with E-state index in [1.54, 1.807) is 18.9 Å². The molecule has 0 spiro atoms. The van der Waals surface area contributed by atoms with Crippen LogP contribution in [0, 0.1) is 6.92 Å². The van der Waals surface area contributed by atoms with Gasteiger partial charge in [-0.05, 0) is 31.2 Å². The van der Waals surface area contributed by atoms with Gasteiger partial charge < -0.3 is 10.5 Å². The molecule has 20 heavy (non-hydrogen) atoms. The second-order valence-corrected chi connectivity index (χ2v) is 6.63. The van der Waals surface area contributed by atoms with Gasteiger partial charge in [-0.15, -0.1) is 11.8 Å². The zero-order chi connectivity index (χ0) is 14.5. The number of benzene rings is 2. The first-order chi connectivity index (χ1) is 9.60. The van der Waals surface area contributed by atoms with Crippen LogP contribution in [-0.2, 0) is 0 Å². The second-order valence-electron chi connectivity index (χ2n) is 4.62. The fourth-order valence-electron chi connectivity index (χ4n) is 1.98. The standard InChI is InChI=1S/C16H18BrNOS/c1-11-6-7-16(19-2)14(8-11)15(18)10-20-13-5-3-4-12(17)9-13/h3-9,15H,10,18H2,1-2H3. The number of hydrogen-bond acceptors (Lipinski definition) is 3. The van der Waals surface area contributed by atoms with Crippen LogP contribution in [0.2, 0.25) is 0 Å². The van der Waals surface area contributed by atoms with Crippen LogP contribution in [0.25, 0.3) is 0 Å². The van der Waals surface area contributed by atoms with Gasteiger partial charge in [0.15, 0.2) is 0 Å². The first-order valence-corrected chi connectivity index (χ1v) is 8.16. The summed E-state index contributed by atoms with van der Waals surface area (Å²) in [7, 11) is 1.68. The maximum Gasteiger partial charge on any atom is 0.123 e. The van der Waals surface area contributed by atoms with E-state index in [1.165, 1.54) is 10.5 Å². The summed E-state index contributed by atoms with van der Waals surface area (Å²) >= 11 is 5.23. The molecule has 0 saturated carbocycles. The number of aryl methyl sites for hydroxylation is 1. The molecule has 0 aliphatic carbocycles. The molecule has 0 aromatic heterocycles. The highest BCUT2D eigenvalue weighted by Crippen LogP contribution is 2.30. The Balaban J connectivity index is 2.08. The van der Waals surface area contributed by atoms with Crippen LogP contribution in [0.1, 0.15) is 17.2 Å². The van der Waals surface area contributed by atoms with Crippen LogP contribution in [0.3, 0.4) is 0 Å². The third-order valence-electron chi connectivity index (χ3n) is 3.01. The maximum atomic E-state index is 6.31. The SMILES string of the molecule is COc1ccc(C)cc1C(N)CSc1cccc(Br)c1. The average Bonchev–Trinajstić information content (AvgIpc) is 2.45. The van der Waals surface area contributed by atoms with Crippen molar-refractivity contribution in [3.05, 3.63) is 58.1 Å². The van der Waals surface area contributed by atoms with Crippen LogP contribution in [0.4, 0.5) is 0 Å². The number of hydrogen-bond donors (Lipinski definition) is 1. The van der Waals surface area contributed by atoms with Gasteiger partial charge in [0.1, 0.15) is 5.75 Å². The summed E-state index contributed by atoms with van der Waals surface area (Å²) < 4.78 is 6.48. The van der Waals surface area contributed by atoms with Crippen molar-refractivity contribution in [2.24, 2.45) is 5.73 Å². The number of halogens is 1. The summed E-state index contributed by atoms with van der Waals surface area (Å²) in [5.41, 5.74) is 8.58. The monoisotopic (exact) mass is 351 g/mol. The summed E-state index contributed by atoms with van der Waals surface area (Å²) in [6, 6.07) is 14.3. The lowest BCUT2D eigenvalue weighted by molar-refractivity contribution is 0.407. The molecule has 0 aliphatic heterocycles. The predicted octanol–water partition coefficient (Wildman–Crippen LogP) is 4.56. The van der Waals surface area contributed by atoms with E-state index >= 15 is 0 Å². The van der Waals surface area contributed by atoms with Crippen LogP contribution in [0.15, 0.2) is 51.8 Å². The van der Waals surface area contributed by atoms with E-state index in [1.807, 2.05) is 24.3 Å². The summed E-state index contributed by atoms with van der Waals surface area (Å²) in [4.78, 5) is 1.21. The fraction of sp³-hybridized carbons (Fsp3) is 0.250. The Morgan fingerprint density at radius 3 is 2.75 bits per heavy atom. The van der Waals surface area contributed by atoms with Gasteiger partial charge in [-0.1, -0.05) is 39.7 Å². The van der Waals surface area contributed by atoms with E-state index in [4.69, 9.17) is 10.5 Å². The molecule has 0 amide bonds. The zero-order valence-corrected chi connectivity index (χ0v) is 14.0. The Morgan fingerprint density at radius 2 is 2.05 bits per heavy atom.